The third-order valence-corrected chi connectivity index (χ3v) is 3.66. The van der Waals surface area contributed by atoms with Gasteiger partial charge in [0.15, 0.2) is 5.82 Å². The summed E-state index contributed by atoms with van der Waals surface area (Å²) in [6, 6.07) is 4.71. The average Bonchev–Trinajstić information content (AvgIpc) is 2.99. The highest BCUT2D eigenvalue weighted by Gasteiger charge is 2.19. The summed E-state index contributed by atoms with van der Waals surface area (Å²) in [5.74, 6) is -0.500. The summed E-state index contributed by atoms with van der Waals surface area (Å²) in [6.07, 6.45) is 2.63. The predicted octanol–water partition coefficient (Wildman–Crippen LogP) is 2.79. The molecule has 0 bridgehead atoms. The van der Waals surface area contributed by atoms with Crippen molar-refractivity contribution < 1.29 is 13.9 Å². The molecule has 0 spiro atoms. The van der Waals surface area contributed by atoms with Crippen LogP contribution in [0, 0.1) is 9.39 Å². The summed E-state index contributed by atoms with van der Waals surface area (Å²) >= 11 is 2.02. The number of carbonyl (C=O) groups is 1. The van der Waals surface area contributed by atoms with Crippen molar-refractivity contribution in [3.05, 3.63) is 45.7 Å². The van der Waals surface area contributed by atoms with Crippen molar-refractivity contribution in [1.82, 2.24) is 19.6 Å². The van der Waals surface area contributed by atoms with Crippen LogP contribution in [-0.2, 0) is 4.74 Å². The lowest BCUT2D eigenvalue weighted by molar-refractivity contribution is 0.0526. The number of hydrogen-bond donors (Lipinski definition) is 1. The standard InChI is InChI=1S/C14H11FIN5O2/c1-2-23-13(22)9-6-17-14-18-7-19-21(14)12(9)20-11-4-3-8(16)5-10(11)15/h3-7,20H,2H2,1H3. The molecule has 2 heterocycles. The molecule has 0 atom stereocenters. The van der Waals surface area contributed by atoms with Crippen LogP contribution in [-0.4, -0.2) is 32.2 Å². The van der Waals surface area contributed by atoms with Crippen LogP contribution >= 0.6 is 22.6 Å². The molecule has 0 aliphatic rings. The number of anilines is 2. The zero-order valence-corrected chi connectivity index (χ0v) is 14.1. The molecule has 9 heteroatoms. The van der Waals surface area contributed by atoms with Gasteiger partial charge in [0.2, 0.25) is 0 Å². The van der Waals surface area contributed by atoms with Crippen molar-refractivity contribution in [2.75, 3.05) is 11.9 Å². The monoisotopic (exact) mass is 427 g/mol. The quantitative estimate of drug-likeness (QED) is 0.510. The van der Waals surface area contributed by atoms with Crippen molar-refractivity contribution in [3.63, 3.8) is 0 Å². The Morgan fingerprint density at radius 2 is 2.26 bits per heavy atom. The van der Waals surface area contributed by atoms with Gasteiger partial charge in [-0.15, -0.1) is 0 Å². The Hall–Kier alpha value is -2.30. The van der Waals surface area contributed by atoms with Gasteiger partial charge in [0.25, 0.3) is 5.78 Å². The van der Waals surface area contributed by atoms with Crippen LogP contribution in [0.2, 0.25) is 0 Å². The number of aromatic nitrogens is 4. The molecule has 7 nitrogen and oxygen atoms in total. The maximum atomic E-state index is 14.1. The number of carbonyl (C=O) groups excluding carboxylic acids is 1. The van der Waals surface area contributed by atoms with E-state index in [1.165, 1.54) is 23.1 Å². The molecular weight excluding hydrogens is 416 g/mol. The summed E-state index contributed by atoms with van der Waals surface area (Å²) < 4.78 is 21.2. The van der Waals surface area contributed by atoms with E-state index >= 15 is 0 Å². The lowest BCUT2D eigenvalue weighted by Gasteiger charge is -2.12. The van der Waals surface area contributed by atoms with Crippen LogP contribution in [0.25, 0.3) is 5.78 Å². The molecule has 0 saturated heterocycles. The molecule has 3 aromatic rings. The van der Waals surface area contributed by atoms with E-state index in [-0.39, 0.29) is 29.5 Å². The van der Waals surface area contributed by atoms with Crippen LogP contribution in [0.5, 0.6) is 0 Å². The SMILES string of the molecule is CCOC(=O)c1cnc2ncnn2c1Nc1ccc(I)cc1F. The zero-order chi connectivity index (χ0) is 16.4. The molecule has 0 amide bonds. The second-order valence-electron chi connectivity index (χ2n) is 4.46. The van der Waals surface area contributed by atoms with E-state index in [2.05, 4.69) is 20.4 Å². The lowest BCUT2D eigenvalue weighted by Crippen LogP contribution is -2.13. The Bertz CT molecular complexity index is 883. The molecule has 0 aliphatic carbocycles. The van der Waals surface area contributed by atoms with Crippen LogP contribution in [0.15, 0.2) is 30.7 Å². The van der Waals surface area contributed by atoms with Crippen LogP contribution < -0.4 is 5.32 Å². The van der Waals surface area contributed by atoms with Crippen molar-refractivity contribution in [3.8, 4) is 0 Å². The van der Waals surface area contributed by atoms with Gasteiger partial charge in [0, 0.05) is 9.77 Å². The molecular formula is C14H11FIN5O2. The van der Waals surface area contributed by atoms with Gasteiger partial charge in [-0.05, 0) is 47.7 Å². The van der Waals surface area contributed by atoms with Gasteiger partial charge in [-0.1, -0.05) is 0 Å². The Labute approximate surface area is 144 Å². The second-order valence-corrected chi connectivity index (χ2v) is 5.71. The summed E-state index contributed by atoms with van der Waals surface area (Å²) in [7, 11) is 0. The first-order chi connectivity index (χ1) is 11.1. The third-order valence-electron chi connectivity index (χ3n) is 2.99. The number of nitrogens with one attached hydrogen (secondary N) is 1. The van der Waals surface area contributed by atoms with Gasteiger partial charge >= 0.3 is 5.97 Å². The molecule has 23 heavy (non-hydrogen) atoms. The number of nitrogens with zero attached hydrogens (tertiary/aromatic N) is 4. The first kappa shape index (κ1) is 15.6. The minimum absolute atomic E-state index is 0.141. The Balaban J connectivity index is 2.11. The smallest absolute Gasteiger partial charge is 0.343 e. The number of ether oxygens (including phenoxy) is 1. The fourth-order valence-corrected chi connectivity index (χ4v) is 2.43. The van der Waals surface area contributed by atoms with E-state index in [0.29, 0.717) is 0 Å². The van der Waals surface area contributed by atoms with E-state index < -0.39 is 11.8 Å². The summed E-state index contributed by atoms with van der Waals surface area (Å²) in [5.41, 5.74) is 0.349. The molecule has 0 unspecified atom stereocenters. The van der Waals surface area contributed by atoms with Crippen LogP contribution in [0.3, 0.4) is 0 Å². The van der Waals surface area contributed by atoms with Crippen molar-refractivity contribution in [1.29, 1.82) is 0 Å². The molecule has 2 aromatic heterocycles. The normalized spacial score (nSPS) is 10.7. The second kappa shape index (κ2) is 6.44. The number of fused-ring (bicyclic) bond motifs is 1. The number of benzene rings is 1. The fourth-order valence-electron chi connectivity index (χ4n) is 1.98. The minimum Gasteiger partial charge on any atom is -0.462 e. The summed E-state index contributed by atoms with van der Waals surface area (Å²) in [5, 5.41) is 6.89. The summed E-state index contributed by atoms with van der Waals surface area (Å²) in [6.45, 7) is 1.91. The van der Waals surface area contributed by atoms with Crippen molar-refractivity contribution >= 4 is 45.8 Å². The number of hydrogen-bond acceptors (Lipinski definition) is 6. The highest BCUT2D eigenvalue weighted by atomic mass is 127. The molecule has 0 radical (unpaired) electrons. The molecule has 1 aromatic carbocycles. The van der Waals surface area contributed by atoms with E-state index in [1.54, 1.807) is 19.1 Å². The molecule has 1 N–H and O–H groups in total. The Morgan fingerprint density at radius 3 is 3.00 bits per heavy atom. The lowest BCUT2D eigenvalue weighted by atomic mass is 10.2. The van der Waals surface area contributed by atoms with Gasteiger partial charge in [-0.3, -0.25) is 0 Å². The molecule has 118 valence electrons. The van der Waals surface area contributed by atoms with Gasteiger partial charge in [0.05, 0.1) is 12.3 Å². The number of rotatable bonds is 4. The predicted molar refractivity (Wildman–Crippen MR) is 89.1 cm³/mol. The number of halogens is 2. The topological polar surface area (TPSA) is 81.4 Å². The van der Waals surface area contributed by atoms with Gasteiger partial charge in [0.1, 0.15) is 17.7 Å². The molecule has 3 rings (SSSR count). The maximum absolute atomic E-state index is 14.1. The van der Waals surface area contributed by atoms with Crippen LogP contribution in [0.4, 0.5) is 15.9 Å². The van der Waals surface area contributed by atoms with Crippen molar-refractivity contribution in [2.45, 2.75) is 6.92 Å². The highest BCUT2D eigenvalue weighted by Crippen LogP contribution is 2.24. The first-order valence-electron chi connectivity index (χ1n) is 6.68. The van der Waals surface area contributed by atoms with E-state index in [9.17, 15) is 9.18 Å². The zero-order valence-electron chi connectivity index (χ0n) is 12.0. The maximum Gasteiger partial charge on any atom is 0.343 e. The summed E-state index contributed by atoms with van der Waals surface area (Å²) in [4.78, 5) is 20.1. The Kier molecular flexibility index (Phi) is 4.37. The average molecular weight is 427 g/mol. The van der Waals surface area contributed by atoms with Crippen molar-refractivity contribution in [2.24, 2.45) is 0 Å². The largest absolute Gasteiger partial charge is 0.462 e. The van der Waals surface area contributed by atoms with Gasteiger partial charge in [-0.2, -0.15) is 14.6 Å². The van der Waals surface area contributed by atoms with E-state index in [1.807, 2.05) is 22.6 Å². The third kappa shape index (κ3) is 3.09. The number of esters is 1. The molecule has 0 fully saturated rings. The van der Waals surface area contributed by atoms with Gasteiger partial charge < -0.3 is 10.1 Å². The van der Waals surface area contributed by atoms with E-state index in [4.69, 9.17) is 4.74 Å². The van der Waals surface area contributed by atoms with Gasteiger partial charge in [-0.25, -0.2) is 14.2 Å². The molecule has 0 saturated carbocycles. The minimum atomic E-state index is -0.578. The Morgan fingerprint density at radius 1 is 1.43 bits per heavy atom. The highest BCUT2D eigenvalue weighted by molar-refractivity contribution is 14.1. The van der Waals surface area contributed by atoms with Crippen LogP contribution in [0.1, 0.15) is 17.3 Å². The fraction of sp³-hybridized carbons (Fsp3) is 0.143. The first-order valence-corrected chi connectivity index (χ1v) is 7.76. The molecule has 0 aliphatic heterocycles. The van der Waals surface area contributed by atoms with E-state index in [0.717, 1.165) is 3.57 Å².